The highest BCUT2D eigenvalue weighted by Crippen LogP contribution is 2.26. The smallest absolute Gasteiger partial charge is 0.200 e. The zero-order valence-electron chi connectivity index (χ0n) is 9.87. The molecule has 2 aromatic rings. The van der Waals surface area contributed by atoms with Gasteiger partial charge in [-0.25, -0.2) is 0 Å². The zero-order chi connectivity index (χ0) is 11.7. The lowest BCUT2D eigenvalue weighted by atomic mass is 9.86. The maximum absolute atomic E-state index is 4.33. The molecule has 90 valence electrons. The van der Waals surface area contributed by atoms with E-state index in [0.717, 1.165) is 5.82 Å². The van der Waals surface area contributed by atoms with Gasteiger partial charge in [-0.1, -0.05) is 19.8 Å². The Morgan fingerprint density at radius 2 is 2.18 bits per heavy atom. The van der Waals surface area contributed by atoms with E-state index >= 15 is 0 Å². The first kappa shape index (κ1) is 10.4. The number of hydrogen-bond donors (Lipinski definition) is 1. The highest BCUT2D eigenvalue weighted by Gasteiger charge is 2.21. The Morgan fingerprint density at radius 1 is 1.29 bits per heavy atom. The molecule has 0 saturated heterocycles. The summed E-state index contributed by atoms with van der Waals surface area (Å²) in [7, 11) is 0. The van der Waals surface area contributed by atoms with Gasteiger partial charge in [0.05, 0.1) is 0 Å². The molecule has 6 nitrogen and oxygen atoms in total. The van der Waals surface area contributed by atoms with Gasteiger partial charge in [0.1, 0.15) is 5.82 Å². The van der Waals surface area contributed by atoms with Crippen LogP contribution < -0.4 is 5.32 Å². The quantitative estimate of drug-likeness (QED) is 0.850. The van der Waals surface area contributed by atoms with Crippen LogP contribution in [0.15, 0.2) is 12.1 Å². The minimum Gasteiger partial charge on any atom is -0.366 e. The van der Waals surface area contributed by atoms with Crippen LogP contribution in [-0.2, 0) is 0 Å². The number of nitrogens with zero attached hydrogens (tertiary/aromatic N) is 5. The molecule has 3 rings (SSSR count). The van der Waals surface area contributed by atoms with Crippen molar-refractivity contribution in [2.75, 3.05) is 5.32 Å². The van der Waals surface area contributed by atoms with Gasteiger partial charge in [-0.2, -0.15) is 0 Å². The van der Waals surface area contributed by atoms with Crippen LogP contribution in [0.2, 0.25) is 0 Å². The van der Waals surface area contributed by atoms with Gasteiger partial charge < -0.3 is 5.32 Å². The standard InChI is InChI=1S/C11H16N6/c1-8-4-2-3-5-9(8)12-10-6-7-11-13-15-16-17(11)14-10/h6-9H,2-5H2,1H3,(H,12,14)/t8-,9-/m0/s1. The van der Waals surface area contributed by atoms with E-state index in [-0.39, 0.29) is 0 Å². The average Bonchev–Trinajstić information content (AvgIpc) is 2.79. The highest BCUT2D eigenvalue weighted by molar-refractivity contribution is 5.42. The average molecular weight is 232 g/mol. The zero-order valence-corrected chi connectivity index (χ0v) is 9.87. The molecular formula is C11H16N6. The fourth-order valence-corrected chi connectivity index (χ4v) is 2.45. The molecule has 17 heavy (non-hydrogen) atoms. The van der Waals surface area contributed by atoms with E-state index in [1.807, 2.05) is 12.1 Å². The fourth-order valence-electron chi connectivity index (χ4n) is 2.45. The number of rotatable bonds is 2. The summed E-state index contributed by atoms with van der Waals surface area (Å²) < 4.78 is 1.45. The largest absolute Gasteiger partial charge is 0.366 e. The van der Waals surface area contributed by atoms with Gasteiger partial charge in [0.15, 0.2) is 5.65 Å². The second kappa shape index (κ2) is 4.27. The van der Waals surface area contributed by atoms with Crippen molar-refractivity contribution in [2.45, 2.75) is 38.6 Å². The van der Waals surface area contributed by atoms with Crippen LogP contribution in [0.4, 0.5) is 5.82 Å². The second-order valence-corrected chi connectivity index (χ2v) is 4.76. The molecule has 2 aromatic heterocycles. The van der Waals surface area contributed by atoms with Crippen molar-refractivity contribution >= 4 is 11.5 Å². The maximum atomic E-state index is 4.33. The molecule has 1 fully saturated rings. The van der Waals surface area contributed by atoms with Crippen LogP contribution >= 0.6 is 0 Å². The molecule has 0 radical (unpaired) electrons. The number of tetrazole rings is 1. The summed E-state index contributed by atoms with van der Waals surface area (Å²) in [4.78, 5) is 0. The Morgan fingerprint density at radius 3 is 3.06 bits per heavy atom. The van der Waals surface area contributed by atoms with Gasteiger partial charge >= 0.3 is 0 Å². The van der Waals surface area contributed by atoms with Crippen molar-refractivity contribution in [2.24, 2.45) is 5.92 Å². The van der Waals surface area contributed by atoms with E-state index in [0.29, 0.717) is 17.6 Å². The lowest BCUT2D eigenvalue weighted by molar-refractivity contribution is 0.348. The number of hydrogen-bond acceptors (Lipinski definition) is 5. The normalized spacial score (nSPS) is 25.0. The van der Waals surface area contributed by atoms with Gasteiger partial charge in [0, 0.05) is 6.04 Å². The number of nitrogens with one attached hydrogen (secondary N) is 1. The first-order valence-corrected chi connectivity index (χ1v) is 6.15. The summed E-state index contributed by atoms with van der Waals surface area (Å²) in [5.41, 5.74) is 0.673. The number of anilines is 1. The molecule has 0 unspecified atom stereocenters. The Hall–Kier alpha value is -1.72. The van der Waals surface area contributed by atoms with E-state index in [1.54, 1.807) is 0 Å². The molecule has 0 aliphatic heterocycles. The van der Waals surface area contributed by atoms with Crippen LogP contribution in [0.5, 0.6) is 0 Å². The molecule has 0 aromatic carbocycles. The van der Waals surface area contributed by atoms with Crippen molar-refractivity contribution in [1.82, 2.24) is 25.3 Å². The third-order valence-corrected chi connectivity index (χ3v) is 3.51. The van der Waals surface area contributed by atoms with E-state index in [9.17, 15) is 0 Å². The van der Waals surface area contributed by atoms with Gasteiger partial charge in [0.2, 0.25) is 0 Å². The van der Waals surface area contributed by atoms with Crippen molar-refractivity contribution in [1.29, 1.82) is 0 Å². The lowest BCUT2D eigenvalue weighted by Crippen LogP contribution is -2.30. The molecular weight excluding hydrogens is 216 g/mol. The molecule has 6 heteroatoms. The molecule has 0 bridgehead atoms. The van der Waals surface area contributed by atoms with Crippen LogP contribution in [-0.4, -0.2) is 31.3 Å². The van der Waals surface area contributed by atoms with Crippen molar-refractivity contribution in [3.63, 3.8) is 0 Å². The Bertz CT molecular complexity index is 507. The summed E-state index contributed by atoms with van der Waals surface area (Å²) in [6, 6.07) is 4.33. The van der Waals surface area contributed by atoms with Crippen LogP contribution in [0.1, 0.15) is 32.6 Å². The van der Waals surface area contributed by atoms with Gasteiger partial charge in [0.25, 0.3) is 0 Å². The first-order chi connectivity index (χ1) is 8.33. The first-order valence-electron chi connectivity index (χ1n) is 6.15. The SMILES string of the molecule is C[C@H]1CCCC[C@@H]1Nc1ccc2nnnn2n1. The van der Waals surface area contributed by atoms with Crippen LogP contribution in [0, 0.1) is 5.92 Å². The van der Waals surface area contributed by atoms with Crippen molar-refractivity contribution in [3.8, 4) is 0 Å². The highest BCUT2D eigenvalue weighted by atomic mass is 15.6. The van der Waals surface area contributed by atoms with Crippen LogP contribution in [0.3, 0.4) is 0 Å². The van der Waals surface area contributed by atoms with Crippen molar-refractivity contribution in [3.05, 3.63) is 12.1 Å². The molecule has 1 N–H and O–H groups in total. The van der Waals surface area contributed by atoms with E-state index in [2.05, 4.69) is 32.9 Å². The van der Waals surface area contributed by atoms with Gasteiger partial charge in [-0.3, -0.25) is 0 Å². The summed E-state index contributed by atoms with van der Waals surface area (Å²) in [5, 5.41) is 19.0. The molecule has 1 aliphatic carbocycles. The number of aromatic nitrogens is 5. The van der Waals surface area contributed by atoms with E-state index in [1.165, 1.54) is 30.3 Å². The topological polar surface area (TPSA) is 68.0 Å². The third-order valence-electron chi connectivity index (χ3n) is 3.51. The predicted octanol–water partition coefficient (Wildman–Crippen LogP) is 1.51. The molecule has 1 aliphatic rings. The van der Waals surface area contributed by atoms with Gasteiger partial charge in [-0.05, 0) is 41.3 Å². The molecule has 1 saturated carbocycles. The Labute approximate surface area is 99.4 Å². The molecule has 2 heterocycles. The van der Waals surface area contributed by atoms with Crippen molar-refractivity contribution < 1.29 is 0 Å². The molecule has 0 amide bonds. The minimum atomic E-state index is 0.519. The number of fused-ring (bicyclic) bond motifs is 1. The fraction of sp³-hybridized carbons (Fsp3) is 0.636. The van der Waals surface area contributed by atoms with E-state index in [4.69, 9.17) is 0 Å². The summed E-state index contributed by atoms with van der Waals surface area (Å²) in [6.07, 6.45) is 5.16. The summed E-state index contributed by atoms with van der Waals surface area (Å²) >= 11 is 0. The van der Waals surface area contributed by atoms with E-state index < -0.39 is 0 Å². The van der Waals surface area contributed by atoms with Crippen LogP contribution in [0.25, 0.3) is 5.65 Å². The summed E-state index contributed by atoms with van der Waals surface area (Å²) in [5.74, 6) is 1.55. The summed E-state index contributed by atoms with van der Waals surface area (Å²) in [6.45, 7) is 2.30. The lowest BCUT2D eigenvalue weighted by Gasteiger charge is -2.29. The molecule has 2 atom stereocenters. The second-order valence-electron chi connectivity index (χ2n) is 4.76. The predicted molar refractivity (Wildman–Crippen MR) is 63.6 cm³/mol. The minimum absolute atomic E-state index is 0.519. The third kappa shape index (κ3) is 2.07. The monoisotopic (exact) mass is 232 g/mol. The maximum Gasteiger partial charge on any atom is 0.200 e. The Balaban J connectivity index is 1.79. The molecule has 0 spiro atoms. The van der Waals surface area contributed by atoms with Gasteiger partial charge in [-0.15, -0.1) is 14.8 Å². The Kier molecular flexibility index (Phi) is 2.62.